The quantitative estimate of drug-likeness (QED) is 0.338. The standard InChI is InChI=1S/C26H29FN2O7/c1-5-34-23(30)16-29(14-18-9-12-20(32-3)13-22(18)33-4)15-21-24(17-7-10-19(27)11-8-17)28-36-25(21)26(31)35-6-2/h7-13H,5-6,14-16H2,1-4H3. The van der Waals surface area contributed by atoms with E-state index in [1.54, 1.807) is 45.1 Å². The summed E-state index contributed by atoms with van der Waals surface area (Å²) in [6.45, 7) is 4.03. The molecule has 10 heteroatoms. The monoisotopic (exact) mass is 500 g/mol. The lowest BCUT2D eigenvalue weighted by Crippen LogP contribution is -2.31. The van der Waals surface area contributed by atoms with E-state index in [-0.39, 0.29) is 38.6 Å². The highest BCUT2D eigenvalue weighted by Crippen LogP contribution is 2.30. The van der Waals surface area contributed by atoms with E-state index in [9.17, 15) is 14.0 Å². The molecule has 2 aromatic carbocycles. The van der Waals surface area contributed by atoms with Gasteiger partial charge >= 0.3 is 11.9 Å². The third-order valence-corrected chi connectivity index (χ3v) is 5.29. The average Bonchev–Trinajstić information content (AvgIpc) is 3.28. The van der Waals surface area contributed by atoms with Crippen molar-refractivity contribution in [1.82, 2.24) is 10.1 Å². The lowest BCUT2D eigenvalue weighted by molar-refractivity contribution is -0.144. The molecule has 192 valence electrons. The maximum atomic E-state index is 13.5. The van der Waals surface area contributed by atoms with Crippen molar-refractivity contribution in [2.45, 2.75) is 26.9 Å². The van der Waals surface area contributed by atoms with Gasteiger partial charge in [0.25, 0.3) is 0 Å². The van der Waals surface area contributed by atoms with Crippen molar-refractivity contribution in [3.63, 3.8) is 0 Å². The predicted octanol–water partition coefficient (Wildman–Crippen LogP) is 4.24. The second kappa shape index (κ2) is 12.7. The van der Waals surface area contributed by atoms with Gasteiger partial charge in [-0.2, -0.15) is 0 Å². The fraction of sp³-hybridized carbons (Fsp3) is 0.346. The molecule has 3 rings (SSSR count). The predicted molar refractivity (Wildman–Crippen MR) is 128 cm³/mol. The number of methoxy groups -OCH3 is 2. The summed E-state index contributed by atoms with van der Waals surface area (Å²) in [6.07, 6.45) is 0. The first-order valence-electron chi connectivity index (χ1n) is 11.4. The Morgan fingerprint density at radius 3 is 2.33 bits per heavy atom. The second-order valence-electron chi connectivity index (χ2n) is 7.69. The first-order valence-corrected chi connectivity index (χ1v) is 11.4. The van der Waals surface area contributed by atoms with Gasteiger partial charge in [0, 0.05) is 35.8 Å². The third-order valence-electron chi connectivity index (χ3n) is 5.29. The van der Waals surface area contributed by atoms with E-state index in [1.807, 2.05) is 6.07 Å². The molecule has 0 amide bonds. The van der Waals surface area contributed by atoms with E-state index in [4.69, 9.17) is 23.5 Å². The molecule has 0 bridgehead atoms. The van der Waals surface area contributed by atoms with Crippen molar-refractivity contribution in [3.05, 3.63) is 65.2 Å². The van der Waals surface area contributed by atoms with Crippen LogP contribution in [0, 0.1) is 5.82 Å². The molecular formula is C26H29FN2O7. The molecular weight excluding hydrogens is 471 g/mol. The summed E-state index contributed by atoms with van der Waals surface area (Å²) in [5.41, 5.74) is 2.06. The fourth-order valence-electron chi connectivity index (χ4n) is 3.65. The Hall–Kier alpha value is -3.92. The molecule has 0 radical (unpaired) electrons. The number of benzene rings is 2. The molecule has 1 heterocycles. The van der Waals surface area contributed by atoms with Gasteiger partial charge in [-0.1, -0.05) is 11.2 Å². The summed E-state index contributed by atoms with van der Waals surface area (Å²) in [6, 6.07) is 11.0. The zero-order valence-corrected chi connectivity index (χ0v) is 20.7. The largest absolute Gasteiger partial charge is 0.497 e. The van der Waals surface area contributed by atoms with E-state index in [0.717, 1.165) is 5.56 Å². The van der Waals surface area contributed by atoms with E-state index in [2.05, 4.69) is 5.16 Å². The number of aromatic nitrogens is 1. The summed E-state index contributed by atoms with van der Waals surface area (Å²) >= 11 is 0. The van der Waals surface area contributed by atoms with Gasteiger partial charge in [-0.3, -0.25) is 9.69 Å². The molecule has 1 aromatic heterocycles. The Balaban J connectivity index is 2.02. The molecule has 0 unspecified atom stereocenters. The van der Waals surface area contributed by atoms with Crippen LogP contribution in [0.4, 0.5) is 4.39 Å². The Morgan fingerprint density at radius 1 is 0.972 bits per heavy atom. The van der Waals surface area contributed by atoms with Crippen molar-refractivity contribution in [1.29, 1.82) is 0 Å². The lowest BCUT2D eigenvalue weighted by atomic mass is 10.0. The molecule has 0 fully saturated rings. The highest BCUT2D eigenvalue weighted by Gasteiger charge is 2.27. The molecule has 9 nitrogen and oxygen atoms in total. The number of esters is 2. The van der Waals surface area contributed by atoms with Crippen LogP contribution in [0.3, 0.4) is 0 Å². The summed E-state index contributed by atoms with van der Waals surface area (Å²) in [5.74, 6) is -0.446. The molecule has 0 aliphatic carbocycles. The first kappa shape index (κ1) is 26.7. The lowest BCUT2D eigenvalue weighted by Gasteiger charge is -2.23. The van der Waals surface area contributed by atoms with Crippen LogP contribution < -0.4 is 9.47 Å². The Kier molecular flexibility index (Phi) is 9.40. The van der Waals surface area contributed by atoms with Crippen LogP contribution in [0.2, 0.25) is 0 Å². The van der Waals surface area contributed by atoms with Crippen LogP contribution in [-0.2, 0) is 27.4 Å². The van der Waals surface area contributed by atoms with Crippen molar-refractivity contribution in [3.8, 4) is 22.8 Å². The molecule has 0 N–H and O–H groups in total. The topological polar surface area (TPSA) is 100 Å². The zero-order chi connectivity index (χ0) is 26.1. The smallest absolute Gasteiger partial charge is 0.377 e. The van der Waals surface area contributed by atoms with Gasteiger partial charge in [0.1, 0.15) is 23.0 Å². The number of carbonyl (C=O) groups excluding carboxylic acids is 2. The second-order valence-corrected chi connectivity index (χ2v) is 7.69. The minimum Gasteiger partial charge on any atom is -0.497 e. The number of rotatable bonds is 12. The normalized spacial score (nSPS) is 10.8. The van der Waals surface area contributed by atoms with E-state index >= 15 is 0 Å². The number of hydrogen-bond acceptors (Lipinski definition) is 9. The summed E-state index contributed by atoms with van der Waals surface area (Å²) in [4.78, 5) is 26.9. The van der Waals surface area contributed by atoms with Gasteiger partial charge in [0.2, 0.25) is 5.76 Å². The SMILES string of the molecule is CCOC(=O)CN(Cc1ccc(OC)cc1OC)Cc1c(-c2ccc(F)cc2)noc1C(=O)OCC. The molecule has 0 saturated carbocycles. The number of carbonyl (C=O) groups is 2. The van der Waals surface area contributed by atoms with Gasteiger partial charge < -0.3 is 23.5 Å². The van der Waals surface area contributed by atoms with Gasteiger partial charge in [-0.05, 0) is 44.2 Å². The first-order chi connectivity index (χ1) is 17.4. The highest BCUT2D eigenvalue weighted by molar-refractivity contribution is 5.90. The van der Waals surface area contributed by atoms with Gasteiger partial charge in [0.05, 0.1) is 34.0 Å². The van der Waals surface area contributed by atoms with Crippen LogP contribution in [0.5, 0.6) is 11.5 Å². The Morgan fingerprint density at radius 2 is 1.69 bits per heavy atom. The number of halogens is 1. The van der Waals surface area contributed by atoms with Crippen molar-refractivity contribution in [2.75, 3.05) is 34.0 Å². The Labute approximate surface area is 208 Å². The summed E-state index contributed by atoms with van der Waals surface area (Å²) < 4.78 is 40.0. The van der Waals surface area contributed by atoms with Crippen molar-refractivity contribution >= 4 is 11.9 Å². The third kappa shape index (κ3) is 6.60. The van der Waals surface area contributed by atoms with Crippen LogP contribution in [0.25, 0.3) is 11.3 Å². The molecule has 0 aliphatic heterocycles. The highest BCUT2D eigenvalue weighted by atomic mass is 19.1. The van der Waals surface area contributed by atoms with Gasteiger partial charge in [-0.15, -0.1) is 0 Å². The van der Waals surface area contributed by atoms with Gasteiger partial charge in [-0.25, -0.2) is 9.18 Å². The van der Waals surface area contributed by atoms with Crippen LogP contribution in [0.1, 0.15) is 35.5 Å². The number of ether oxygens (including phenoxy) is 4. The number of nitrogens with zero attached hydrogens (tertiary/aromatic N) is 2. The number of hydrogen-bond donors (Lipinski definition) is 0. The van der Waals surface area contributed by atoms with Crippen LogP contribution in [-0.4, -0.2) is 56.0 Å². The van der Waals surface area contributed by atoms with Crippen LogP contribution >= 0.6 is 0 Å². The minimum absolute atomic E-state index is 0.0817. The van der Waals surface area contributed by atoms with E-state index in [1.165, 1.54) is 24.3 Å². The molecule has 3 aromatic rings. The minimum atomic E-state index is -0.688. The molecule has 36 heavy (non-hydrogen) atoms. The molecule has 0 atom stereocenters. The summed E-state index contributed by atoms with van der Waals surface area (Å²) in [5, 5.41) is 4.07. The Bertz CT molecular complexity index is 1180. The molecule has 0 spiro atoms. The van der Waals surface area contributed by atoms with E-state index in [0.29, 0.717) is 28.3 Å². The summed E-state index contributed by atoms with van der Waals surface area (Å²) in [7, 11) is 3.10. The fourth-order valence-corrected chi connectivity index (χ4v) is 3.65. The van der Waals surface area contributed by atoms with E-state index < -0.39 is 17.8 Å². The van der Waals surface area contributed by atoms with Crippen molar-refractivity contribution in [2.24, 2.45) is 0 Å². The maximum absolute atomic E-state index is 13.5. The zero-order valence-electron chi connectivity index (χ0n) is 20.7. The average molecular weight is 501 g/mol. The van der Waals surface area contributed by atoms with Crippen molar-refractivity contribution < 1.29 is 37.5 Å². The maximum Gasteiger partial charge on any atom is 0.377 e. The molecule has 0 saturated heterocycles. The molecule has 0 aliphatic rings. The van der Waals surface area contributed by atoms with Crippen LogP contribution in [0.15, 0.2) is 47.0 Å². The van der Waals surface area contributed by atoms with Gasteiger partial charge in [0.15, 0.2) is 0 Å².